The third kappa shape index (κ3) is 3.65. The minimum absolute atomic E-state index is 0.0424. The van der Waals surface area contributed by atoms with Crippen molar-refractivity contribution in [2.75, 3.05) is 7.05 Å². The standard InChI is InChI=1S/C8H17F2N/c1-6(2)5-8(9,10)7(3)11-4/h6-7,11H,5H2,1-4H3. The highest BCUT2D eigenvalue weighted by Gasteiger charge is 2.35. The Hall–Kier alpha value is -0.180. The maximum atomic E-state index is 13.0. The second-order valence-electron chi connectivity index (χ2n) is 3.37. The van der Waals surface area contributed by atoms with Crippen LogP contribution in [-0.4, -0.2) is 19.0 Å². The summed E-state index contributed by atoms with van der Waals surface area (Å²) in [6, 6.07) is -0.732. The lowest BCUT2D eigenvalue weighted by Crippen LogP contribution is -2.41. The third-order valence-corrected chi connectivity index (χ3v) is 1.75. The molecule has 0 aromatic carbocycles. The van der Waals surface area contributed by atoms with Crippen LogP contribution in [0, 0.1) is 5.92 Å². The second-order valence-corrected chi connectivity index (χ2v) is 3.37. The van der Waals surface area contributed by atoms with Crippen LogP contribution >= 0.6 is 0 Å². The molecule has 1 atom stereocenters. The largest absolute Gasteiger partial charge is 0.312 e. The Balaban J connectivity index is 3.98. The molecular formula is C8H17F2N. The molecule has 0 aliphatic rings. The van der Waals surface area contributed by atoms with E-state index >= 15 is 0 Å². The minimum Gasteiger partial charge on any atom is -0.312 e. The van der Waals surface area contributed by atoms with Gasteiger partial charge in [0.05, 0.1) is 6.04 Å². The van der Waals surface area contributed by atoms with Gasteiger partial charge < -0.3 is 5.32 Å². The van der Waals surface area contributed by atoms with Gasteiger partial charge in [-0.05, 0) is 19.9 Å². The van der Waals surface area contributed by atoms with Crippen LogP contribution in [0.25, 0.3) is 0 Å². The summed E-state index contributed by atoms with van der Waals surface area (Å²) in [5.41, 5.74) is 0. The number of hydrogen-bond donors (Lipinski definition) is 1. The first kappa shape index (κ1) is 10.8. The van der Waals surface area contributed by atoms with Crippen LogP contribution < -0.4 is 5.32 Å². The van der Waals surface area contributed by atoms with Gasteiger partial charge in [0, 0.05) is 6.42 Å². The van der Waals surface area contributed by atoms with Crippen molar-refractivity contribution in [2.24, 2.45) is 5.92 Å². The van der Waals surface area contributed by atoms with Crippen molar-refractivity contribution < 1.29 is 8.78 Å². The van der Waals surface area contributed by atoms with E-state index in [4.69, 9.17) is 0 Å². The molecule has 1 unspecified atom stereocenters. The molecule has 0 aliphatic carbocycles. The average Bonchev–Trinajstić information content (AvgIpc) is 1.83. The van der Waals surface area contributed by atoms with Crippen LogP contribution in [0.1, 0.15) is 27.2 Å². The highest BCUT2D eigenvalue weighted by Crippen LogP contribution is 2.26. The molecule has 0 fully saturated rings. The van der Waals surface area contributed by atoms with Gasteiger partial charge in [0.25, 0.3) is 5.92 Å². The fourth-order valence-corrected chi connectivity index (χ4v) is 0.932. The number of hydrogen-bond acceptors (Lipinski definition) is 1. The highest BCUT2D eigenvalue weighted by atomic mass is 19.3. The Labute approximate surface area is 67.2 Å². The van der Waals surface area contributed by atoms with Gasteiger partial charge in [-0.2, -0.15) is 0 Å². The van der Waals surface area contributed by atoms with Gasteiger partial charge in [0.15, 0.2) is 0 Å². The molecule has 0 saturated heterocycles. The van der Waals surface area contributed by atoms with Crippen molar-refractivity contribution in [3.63, 3.8) is 0 Å². The molecule has 3 heteroatoms. The van der Waals surface area contributed by atoms with Crippen LogP contribution in [0.4, 0.5) is 8.78 Å². The van der Waals surface area contributed by atoms with Gasteiger partial charge in [-0.15, -0.1) is 0 Å². The lowest BCUT2D eigenvalue weighted by Gasteiger charge is -2.24. The van der Waals surface area contributed by atoms with E-state index in [0.717, 1.165) is 0 Å². The predicted molar refractivity (Wildman–Crippen MR) is 42.9 cm³/mol. The fraction of sp³-hybridized carbons (Fsp3) is 1.00. The molecule has 1 nitrogen and oxygen atoms in total. The Kier molecular flexibility index (Phi) is 3.93. The fourth-order valence-electron chi connectivity index (χ4n) is 0.932. The number of alkyl halides is 2. The summed E-state index contributed by atoms with van der Waals surface area (Å²) in [6.45, 7) is 5.11. The molecule has 0 spiro atoms. The number of halogens is 2. The van der Waals surface area contributed by atoms with E-state index in [1.54, 1.807) is 20.9 Å². The van der Waals surface area contributed by atoms with Gasteiger partial charge in [0.1, 0.15) is 0 Å². The van der Waals surface area contributed by atoms with E-state index in [-0.39, 0.29) is 12.3 Å². The molecule has 68 valence electrons. The van der Waals surface area contributed by atoms with Crippen molar-refractivity contribution in [2.45, 2.75) is 39.2 Å². The van der Waals surface area contributed by atoms with Gasteiger partial charge in [-0.1, -0.05) is 13.8 Å². The predicted octanol–water partition coefficient (Wildman–Crippen LogP) is 2.28. The third-order valence-electron chi connectivity index (χ3n) is 1.75. The van der Waals surface area contributed by atoms with Crippen LogP contribution in [0.2, 0.25) is 0 Å². The summed E-state index contributed by atoms with van der Waals surface area (Å²) in [4.78, 5) is 0. The first-order chi connectivity index (χ1) is 4.90. The Morgan fingerprint density at radius 3 is 2.00 bits per heavy atom. The van der Waals surface area contributed by atoms with Crippen molar-refractivity contribution >= 4 is 0 Å². The smallest absolute Gasteiger partial charge is 0.263 e. The minimum atomic E-state index is -2.58. The summed E-state index contributed by atoms with van der Waals surface area (Å²) in [5.74, 6) is -2.54. The van der Waals surface area contributed by atoms with Crippen molar-refractivity contribution in [3.8, 4) is 0 Å². The quantitative estimate of drug-likeness (QED) is 0.673. The molecule has 0 bridgehead atoms. The monoisotopic (exact) mass is 165 g/mol. The number of rotatable bonds is 4. The zero-order valence-corrected chi connectivity index (χ0v) is 7.62. The molecule has 1 N–H and O–H groups in total. The topological polar surface area (TPSA) is 12.0 Å². The first-order valence-electron chi connectivity index (χ1n) is 3.95. The van der Waals surface area contributed by atoms with Gasteiger partial charge in [-0.25, -0.2) is 8.78 Å². The summed E-state index contributed by atoms with van der Waals surface area (Å²) < 4.78 is 26.0. The van der Waals surface area contributed by atoms with E-state index < -0.39 is 12.0 Å². The zero-order valence-electron chi connectivity index (χ0n) is 7.62. The highest BCUT2D eigenvalue weighted by molar-refractivity contribution is 4.79. The maximum absolute atomic E-state index is 13.0. The molecule has 11 heavy (non-hydrogen) atoms. The van der Waals surface area contributed by atoms with E-state index in [1.165, 1.54) is 6.92 Å². The Bertz CT molecular complexity index is 113. The van der Waals surface area contributed by atoms with Crippen LogP contribution in [-0.2, 0) is 0 Å². The summed E-state index contributed by atoms with van der Waals surface area (Å²) in [7, 11) is 1.55. The lowest BCUT2D eigenvalue weighted by molar-refractivity contribution is -0.0469. The van der Waals surface area contributed by atoms with Gasteiger partial charge >= 0.3 is 0 Å². The van der Waals surface area contributed by atoms with Crippen LogP contribution in [0.3, 0.4) is 0 Å². The maximum Gasteiger partial charge on any atom is 0.263 e. The lowest BCUT2D eigenvalue weighted by atomic mass is 10.0. The van der Waals surface area contributed by atoms with Crippen molar-refractivity contribution in [3.05, 3.63) is 0 Å². The summed E-state index contributed by atoms with van der Waals surface area (Å²) in [6.07, 6.45) is -0.0466. The molecule has 0 rings (SSSR count). The SMILES string of the molecule is CNC(C)C(F)(F)CC(C)C. The second kappa shape index (κ2) is 4.00. The molecule has 0 aliphatic heterocycles. The van der Waals surface area contributed by atoms with Crippen LogP contribution in [0.5, 0.6) is 0 Å². The molecule has 0 radical (unpaired) electrons. The van der Waals surface area contributed by atoms with Crippen molar-refractivity contribution in [1.82, 2.24) is 5.32 Å². The summed E-state index contributed by atoms with van der Waals surface area (Å²) >= 11 is 0. The average molecular weight is 165 g/mol. The molecule has 0 amide bonds. The number of nitrogens with one attached hydrogen (secondary N) is 1. The Morgan fingerprint density at radius 2 is 1.73 bits per heavy atom. The van der Waals surface area contributed by atoms with E-state index in [0.29, 0.717) is 0 Å². The van der Waals surface area contributed by atoms with Gasteiger partial charge in [0.2, 0.25) is 0 Å². The summed E-state index contributed by atoms with van der Waals surface area (Å²) in [5, 5.41) is 2.56. The Morgan fingerprint density at radius 1 is 1.27 bits per heavy atom. The van der Waals surface area contributed by atoms with Gasteiger partial charge in [-0.3, -0.25) is 0 Å². The molecule has 0 aromatic heterocycles. The molecule has 0 aromatic rings. The molecule has 0 heterocycles. The van der Waals surface area contributed by atoms with E-state index in [2.05, 4.69) is 5.32 Å². The molecular weight excluding hydrogens is 148 g/mol. The van der Waals surface area contributed by atoms with Crippen molar-refractivity contribution in [1.29, 1.82) is 0 Å². The molecule has 0 saturated carbocycles. The van der Waals surface area contributed by atoms with E-state index in [9.17, 15) is 8.78 Å². The van der Waals surface area contributed by atoms with Crippen LogP contribution in [0.15, 0.2) is 0 Å². The zero-order chi connectivity index (χ0) is 9.07. The van der Waals surface area contributed by atoms with E-state index in [1.807, 2.05) is 0 Å². The first-order valence-corrected chi connectivity index (χ1v) is 3.95. The normalized spacial score (nSPS) is 15.5.